The van der Waals surface area contributed by atoms with Crippen molar-refractivity contribution in [2.24, 2.45) is 5.73 Å². The number of anilines is 1. The third-order valence-electron chi connectivity index (χ3n) is 7.92. The van der Waals surface area contributed by atoms with E-state index in [2.05, 4.69) is 51.2 Å². The van der Waals surface area contributed by atoms with E-state index in [-0.39, 0.29) is 11.4 Å². The second-order valence-electron chi connectivity index (χ2n) is 10.1. The summed E-state index contributed by atoms with van der Waals surface area (Å²) in [5, 5.41) is 2.99. The lowest BCUT2D eigenvalue weighted by molar-refractivity contribution is -0.117. The number of piperidine rings is 1. The molecule has 1 aliphatic heterocycles. The van der Waals surface area contributed by atoms with Gasteiger partial charge < -0.3 is 10.3 Å². The Balaban J connectivity index is 1.42. The van der Waals surface area contributed by atoms with Crippen LogP contribution in [0.5, 0.6) is 0 Å². The van der Waals surface area contributed by atoms with E-state index in [1.54, 1.807) is 6.92 Å². The Morgan fingerprint density at radius 3 is 2.32 bits per heavy atom. The van der Waals surface area contributed by atoms with Crippen LogP contribution in [0.15, 0.2) is 54.6 Å². The summed E-state index contributed by atoms with van der Waals surface area (Å²) in [5.74, 6) is 0.421. The van der Waals surface area contributed by atoms with Crippen LogP contribution in [0, 0.1) is 0 Å². The number of fused-ring (bicyclic) bond motifs is 1. The molecule has 2 aliphatic rings. The van der Waals surface area contributed by atoms with Crippen LogP contribution in [0.25, 0.3) is 11.0 Å². The van der Waals surface area contributed by atoms with Gasteiger partial charge in [0.2, 0.25) is 11.9 Å². The summed E-state index contributed by atoms with van der Waals surface area (Å²) in [6.07, 6.45) is 9.84. The monoisotopic (exact) mass is 459 g/mol. The maximum Gasteiger partial charge on any atom is 0.243 e. The van der Waals surface area contributed by atoms with E-state index in [9.17, 15) is 4.79 Å². The lowest BCUT2D eigenvalue weighted by Gasteiger charge is -2.48. The summed E-state index contributed by atoms with van der Waals surface area (Å²) < 4.78 is 2.25. The first-order chi connectivity index (χ1) is 16.6. The summed E-state index contributed by atoms with van der Waals surface area (Å²) in [6, 6.07) is 19.1. The molecule has 2 heterocycles. The molecule has 6 nitrogen and oxygen atoms in total. The van der Waals surface area contributed by atoms with Gasteiger partial charge in [0.1, 0.15) is 0 Å². The molecule has 1 saturated carbocycles. The molecule has 2 fully saturated rings. The molecule has 1 amide bonds. The number of benzene rings is 2. The zero-order valence-corrected chi connectivity index (χ0v) is 20.2. The topological polar surface area (TPSA) is 76.2 Å². The van der Waals surface area contributed by atoms with Gasteiger partial charge in [-0.15, -0.1) is 0 Å². The SMILES string of the molecule is C[C@@H](N)C(=O)Nc1nc2ccccc2n1C1CCN(C2(c3ccccc3)CCCCCC2)CC1. The second-order valence-corrected chi connectivity index (χ2v) is 10.1. The summed E-state index contributed by atoms with van der Waals surface area (Å²) >= 11 is 0. The maximum atomic E-state index is 12.4. The predicted octanol–water partition coefficient (Wildman–Crippen LogP) is 5.21. The Morgan fingerprint density at radius 1 is 1.00 bits per heavy atom. The smallest absolute Gasteiger partial charge is 0.243 e. The van der Waals surface area contributed by atoms with Gasteiger partial charge in [-0.25, -0.2) is 4.98 Å². The fourth-order valence-electron chi connectivity index (χ4n) is 6.13. The number of carbonyl (C=O) groups excluding carboxylic acids is 1. The molecule has 34 heavy (non-hydrogen) atoms. The van der Waals surface area contributed by atoms with E-state index in [4.69, 9.17) is 10.7 Å². The van der Waals surface area contributed by atoms with Gasteiger partial charge in [0.15, 0.2) is 0 Å². The number of para-hydroxylation sites is 2. The molecule has 1 aromatic heterocycles. The van der Waals surface area contributed by atoms with Crippen LogP contribution >= 0.6 is 0 Å². The van der Waals surface area contributed by atoms with Crippen molar-refractivity contribution in [1.82, 2.24) is 14.5 Å². The molecule has 6 heteroatoms. The lowest BCUT2D eigenvalue weighted by Crippen LogP contribution is -2.50. The van der Waals surface area contributed by atoms with Crippen LogP contribution < -0.4 is 11.1 Å². The summed E-state index contributed by atoms with van der Waals surface area (Å²) in [5.41, 5.74) is 9.45. The van der Waals surface area contributed by atoms with Gasteiger partial charge in [-0.05, 0) is 50.3 Å². The van der Waals surface area contributed by atoms with Crippen molar-refractivity contribution in [2.45, 2.75) is 75.9 Å². The number of nitrogens with zero attached hydrogens (tertiary/aromatic N) is 3. The van der Waals surface area contributed by atoms with Gasteiger partial charge >= 0.3 is 0 Å². The van der Waals surface area contributed by atoms with E-state index < -0.39 is 6.04 Å². The molecular formula is C28H37N5O. The highest BCUT2D eigenvalue weighted by Gasteiger charge is 2.40. The highest BCUT2D eigenvalue weighted by molar-refractivity contribution is 5.94. The van der Waals surface area contributed by atoms with Crippen LogP contribution in [0.4, 0.5) is 5.95 Å². The number of hydrogen-bond donors (Lipinski definition) is 2. The summed E-state index contributed by atoms with van der Waals surface area (Å²) in [4.78, 5) is 19.9. The van der Waals surface area contributed by atoms with E-state index in [1.165, 1.54) is 44.1 Å². The Kier molecular flexibility index (Phi) is 6.70. The van der Waals surface area contributed by atoms with Crippen molar-refractivity contribution in [3.05, 3.63) is 60.2 Å². The van der Waals surface area contributed by atoms with Gasteiger partial charge in [0.25, 0.3) is 0 Å². The van der Waals surface area contributed by atoms with Crippen molar-refractivity contribution in [1.29, 1.82) is 0 Å². The standard InChI is InChI=1S/C28H37N5O/c1-21(29)26(34)31-27-30-24-13-7-8-14-25(24)33(27)23-15-19-32(20-16-23)28(17-9-2-3-10-18-28)22-11-5-4-6-12-22/h4-8,11-14,21,23H,2-3,9-10,15-20,29H2,1H3,(H,30,31,34)/t21-/m1/s1. The number of carbonyl (C=O) groups is 1. The molecular weight excluding hydrogens is 422 g/mol. The Bertz CT molecular complexity index is 1110. The first kappa shape index (κ1) is 23.1. The van der Waals surface area contributed by atoms with E-state index in [0.717, 1.165) is 37.0 Å². The summed E-state index contributed by atoms with van der Waals surface area (Å²) in [6.45, 7) is 3.80. The maximum absolute atomic E-state index is 12.4. The molecule has 5 rings (SSSR count). The molecule has 2 aromatic carbocycles. The highest BCUT2D eigenvalue weighted by atomic mass is 16.2. The van der Waals surface area contributed by atoms with E-state index >= 15 is 0 Å². The normalized spacial score (nSPS) is 20.6. The first-order valence-electron chi connectivity index (χ1n) is 12.9. The first-order valence-corrected chi connectivity index (χ1v) is 12.9. The Labute approximate surface area is 202 Å². The molecule has 0 spiro atoms. The average molecular weight is 460 g/mol. The van der Waals surface area contributed by atoms with Crippen molar-refractivity contribution in [2.75, 3.05) is 18.4 Å². The number of rotatable bonds is 5. The molecule has 1 aliphatic carbocycles. The molecule has 180 valence electrons. The zero-order chi connectivity index (χ0) is 23.5. The van der Waals surface area contributed by atoms with Crippen LogP contribution in [0.3, 0.4) is 0 Å². The lowest BCUT2D eigenvalue weighted by atomic mass is 9.79. The quantitative estimate of drug-likeness (QED) is 0.514. The minimum atomic E-state index is -0.573. The highest BCUT2D eigenvalue weighted by Crippen LogP contribution is 2.44. The van der Waals surface area contributed by atoms with Crippen LogP contribution in [0.1, 0.15) is 69.9 Å². The van der Waals surface area contributed by atoms with Crippen LogP contribution in [-0.4, -0.2) is 39.5 Å². The molecule has 3 aromatic rings. The van der Waals surface area contributed by atoms with Crippen molar-refractivity contribution in [3.63, 3.8) is 0 Å². The number of hydrogen-bond acceptors (Lipinski definition) is 4. The number of aromatic nitrogens is 2. The molecule has 0 radical (unpaired) electrons. The number of nitrogens with one attached hydrogen (secondary N) is 1. The van der Waals surface area contributed by atoms with Crippen molar-refractivity contribution >= 4 is 22.9 Å². The van der Waals surface area contributed by atoms with Crippen molar-refractivity contribution < 1.29 is 4.79 Å². The van der Waals surface area contributed by atoms with Crippen LogP contribution in [0.2, 0.25) is 0 Å². The third-order valence-corrected chi connectivity index (χ3v) is 7.92. The zero-order valence-electron chi connectivity index (χ0n) is 20.2. The van der Waals surface area contributed by atoms with Gasteiger partial charge in [0.05, 0.1) is 17.1 Å². The molecule has 1 saturated heterocycles. The molecule has 0 bridgehead atoms. The minimum Gasteiger partial charge on any atom is -0.320 e. The predicted molar refractivity (Wildman–Crippen MR) is 138 cm³/mol. The van der Waals surface area contributed by atoms with E-state index in [1.807, 2.05) is 18.2 Å². The number of imidazole rings is 1. The van der Waals surface area contributed by atoms with Crippen LogP contribution in [-0.2, 0) is 10.3 Å². The Morgan fingerprint density at radius 2 is 1.65 bits per heavy atom. The fraction of sp³-hybridized carbons (Fsp3) is 0.500. The van der Waals surface area contributed by atoms with Gasteiger partial charge in [-0.3, -0.25) is 15.0 Å². The van der Waals surface area contributed by atoms with Gasteiger partial charge in [-0.2, -0.15) is 0 Å². The molecule has 1 atom stereocenters. The largest absolute Gasteiger partial charge is 0.320 e. The van der Waals surface area contributed by atoms with Gasteiger partial charge in [-0.1, -0.05) is 68.1 Å². The Hall–Kier alpha value is -2.70. The fourth-order valence-corrected chi connectivity index (χ4v) is 6.13. The average Bonchev–Trinajstić information content (AvgIpc) is 3.04. The molecule has 3 N–H and O–H groups in total. The van der Waals surface area contributed by atoms with Gasteiger partial charge in [0, 0.05) is 24.7 Å². The number of nitrogens with two attached hydrogens (primary N) is 1. The third kappa shape index (κ3) is 4.37. The van der Waals surface area contributed by atoms with E-state index in [0.29, 0.717) is 12.0 Å². The molecule has 0 unspecified atom stereocenters. The number of amides is 1. The minimum absolute atomic E-state index is 0.145. The second kappa shape index (κ2) is 9.88. The van der Waals surface area contributed by atoms with Crippen molar-refractivity contribution in [3.8, 4) is 0 Å². The summed E-state index contributed by atoms with van der Waals surface area (Å²) in [7, 11) is 0. The number of likely N-dealkylation sites (tertiary alicyclic amines) is 1.